The zero-order chi connectivity index (χ0) is 13.1. The first-order chi connectivity index (χ1) is 8.56. The summed E-state index contributed by atoms with van der Waals surface area (Å²) in [5.41, 5.74) is 7.84. The lowest BCUT2D eigenvalue weighted by atomic mass is 10.2. The van der Waals surface area contributed by atoms with E-state index in [4.69, 9.17) is 10.5 Å². The Labute approximate surface area is 109 Å². The molecule has 0 radical (unpaired) electrons. The first-order valence-corrected chi connectivity index (χ1v) is 6.44. The van der Waals surface area contributed by atoms with Crippen LogP contribution in [0.15, 0.2) is 18.2 Å². The Morgan fingerprint density at radius 1 is 1.33 bits per heavy atom. The van der Waals surface area contributed by atoms with Gasteiger partial charge in [0.1, 0.15) is 12.4 Å². The van der Waals surface area contributed by atoms with Crippen molar-refractivity contribution in [3.63, 3.8) is 0 Å². The third-order valence-corrected chi connectivity index (χ3v) is 3.58. The van der Waals surface area contributed by atoms with Crippen LogP contribution in [0, 0.1) is 6.92 Å². The summed E-state index contributed by atoms with van der Waals surface area (Å²) in [6.07, 6.45) is 0. The van der Waals surface area contributed by atoms with Gasteiger partial charge >= 0.3 is 0 Å². The Balaban J connectivity index is 1.94. The highest BCUT2D eigenvalue weighted by atomic mass is 16.5. The molecule has 0 aliphatic carbocycles. The highest BCUT2D eigenvalue weighted by Gasteiger charge is 2.22. The van der Waals surface area contributed by atoms with Crippen LogP contribution in [0.2, 0.25) is 0 Å². The van der Waals surface area contributed by atoms with E-state index in [-0.39, 0.29) is 0 Å². The van der Waals surface area contributed by atoms with Crippen molar-refractivity contribution in [2.45, 2.75) is 13.0 Å². The number of piperazine rings is 1. The lowest BCUT2D eigenvalue weighted by Gasteiger charge is -2.37. The predicted molar refractivity (Wildman–Crippen MR) is 75.0 cm³/mol. The van der Waals surface area contributed by atoms with Crippen LogP contribution in [-0.4, -0.2) is 56.2 Å². The van der Waals surface area contributed by atoms with E-state index in [9.17, 15) is 0 Å². The van der Waals surface area contributed by atoms with Crippen LogP contribution in [0.1, 0.15) is 5.56 Å². The smallest absolute Gasteiger partial charge is 0.142 e. The van der Waals surface area contributed by atoms with Gasteiger partial charge in [0, 0.05) is 19.6 Å². The summed E-state index contributed by atoms with van der Waals surface area (Å²) in [4.78, 5) is 4.69. The van der Waals surface area contributed by atoms with Gasteiger partial charge in [-0.1, -0.05) is 6.07 Å². The van der Waals surface area contributed by atoms with Gasteiger partial charge in [-0.3, -0.25) is 4.90 Å². The fraction of sp³-hybridized carbons (Fsp3) is 0.571. The highest BCUT2D eigenvalue weighted by Crippen LogP contribution is 2.22. The summed E-state index contributed by atoms with van der Waals surface area (Å²) in [6, 6.07) is 6.37. The van der Waals surface area contributed by atoms with E-state index in [0.29, 0.717) is 12.6 Å². The Kier molecular flexibility index (Phi) is 4.09. The number of anilines is 1. The molecule has 1 saturated heterocycles. The number of nitrogens with zero attached hydrogens (tertiary/aromatic N) is 2. The number of aryl methyl sites for hydroxylation is 1. The number of hydrogen-bond donors (Lipinski definition) is 1. The summed E-state index contributed by atoms with van der Waals surface area (Å²) < 4.78 is 5.86. The standard InChI is InChI=1S/C14H23N3O/c1-11-4-5-14(13(15)8-11)18-10-12-9-16(2)6-7-17(12)3/h4-5,8,12H,6-7,9-10,15H2,1-3H3. The number of nitrogens with two attached hydrogens (primary N) is 1. The van der Waals surface area contributed by atoms with Crippen LogP contribution in [0.4, 0.5) is 5.69 Å². The lowest BCUT2D eigenvalue weighted by Crippen LogP contribution is -2.52. The van der Waals surface area contributed by atoms with Gasteiger partial charge in [-0.05, 0) is 38.7 Å². The zero-order valence-electron chi connectivity index (χ0n) is 11.5. The van der Waals surface area contributed by atoms with Crippen molar-refractivity contribution >= 4 is 5.69 Å². The van der Waals surface area contributed by atoms with E-state index in [2.05, 4.69) is 23.9 Å². The number of hydrogen-bond acceptors (Lipinski definition) is 4. The highest BCUT2D eigenvalue weighted by molar-refractivity contribution is 5.54. The van der Waals surface area contributed by atoms with Crippen molar-refractivity contribution in [3.05, 3.63) is 23.8 Å². The molecule has 2 rings (SSSR count). The summed E-state index contributed by atoms with van der Waals surface area (Å²) in [5.74, 6) is 0.794. The maximum atomic E-state index is 5.95. The van der Waals surface area contributed by atoms with E-state index in [0.717, 1.165) is 36.6 Å². The van der Waals surface area contributed by atoms with Crippen LogP contribution >= 0.6 is 0 Å². The number of rotatable bonds is 3. The molecule has 0 saturated carbocycles. The number of likely N-dealkylation sites (N-methyl/N-ethyl adjacent to an activating group) is 2. The molecule has 18 heavy (non-hydrogen) atoms. The number of nitrogen functional groups attached to an aromatic ring is 1. The van der Waals surface area contributed by atoms with Gasteiger partial charge in [0.05, 0.1) is 11.7 Å². The van der Waals surface area contributed by atoms with Gasteiger partial charge in [-0.15, -0.1) is 0 Å². The van der Waals surface area contributed by atoms with Gasteiger partial charge in [-0.2, -0.15) is 0 Å². The lowest BCUT2D eigenvalue weighted by molar-refractivity contribution is 0.0784. The Bertz CT molecular complexity index is 408. The summed E-state index contributed by atoms with van der Waals surface area (Å²) in [7, 11) is 4.31. The third-order valence-electron chi connectivity index (χ3n) is 3.58. The van der Waals surface area contributed by atoms with Crippen LogP contribution in [0.25, 0.3) is 0 Å². The largest absolute Gasteiger partial charge is 0.490 e. The minimum atomic E-state index is 0.435. The van der Waals surface area contributed by atoms with E-state index >= 15 is 0 Å². The molecule has 0 amide bonds. The molecule has 1 aromatic carbocycles. The molecule has 1 heterocycles. The molecule has 100 valence electrons. The fourth-order valence-corrected chi connectivity index (χ4v) is 2.27. The summed E-state index contributed by atoms with van der Waals surface area (Å²) in [6.45, 7) is 5.98. The zero-order valence-corrected chi connectivity index (χ0v) is 11.5. The Morgan fingerprint density at radius 3 is 2.83 bits per heavy atom. The topological polar surface area (TPSA) is 41.7 Å². The van der Waals surface area contributed by atoms with Crippen molar-refractivity contribution in [2.24, 2.45) is 0 Å². The van der Waals surface area contributed by atoms with Crippen LogP contribution in [0.3, 0.4) is 0 Å². The molecule has 2 N–H and O–H groups in total. The van der Waals surface area contributed by atoms with Crippen LogP contribution in [-0.2, 0) is 0 Å². The normalized spacial score (nSPS) is 22.1. The predicted octanol–water partition coefficient (Wildman–Crippen LogP) is 1.20. The minimum absolute atomic E-state index is 0.435. The molecule has 0 aromatic heterocycles. The van der Waals surface area contributed by atoms with Crippen molar-refractivity contribution < 1.29 is 4.74 Å². The van der Waals surface area contributed by atoms with E-state index in [1.54, 1.807) is 0 Å². The number of ether oxygens (including phenoxy) is 1. The minimum Gasteiger partial charge on any atom is -0.490 e. The van der Waals surface area contributed by atoms with Crippen LogP contribution in [0.5, 0.6) is 5.75 Å². The van der Waals surface area contributed by atoms with Crippen molar-refractivity contribution in [2.75, 3.05) is 46.1 Å². The molecule has 0 spiro atoms. The number of benzene rings is 1. The average Bonchev–Trinajstić information content (AvgIpc) is 2.32. The maximum Gasteiger partial charge on any atom is 0.142 e. The third kappa shape index (κ3) is 3.15. The van der Waals surface area contributed by atoms with Crippen molar-refractivity contribution in [1.29, 1.82) is 0 Å². The molecular weight excluding hydrogens is 226 g/mol. The van der Waals surface area contributed by atoms with Crippen molar-refractivity contribution in [3.8, 4) is 5.75 Å². The van der Waals surface area contributed by atoms with Crippen LogP contribution < -0.4 is 10.5 Å². The van der Waals surface area contributed by atoms with Crippen molar-refractivity contribution in [1.82, 2.24) is 9.80 Å². The molecule has 1 atom stereocenters. The first-order valence-electron chi connectivity index (χ1n) is 6.44. The molecular formula is C14H23N3O. The van der Waals surface area contributed by atoms with E-state index < -0.39 is 0 Å². The van der Waals surface area contributed by atoms with Gasteiger partial charge in [0.25, 0.3) is 0 Å². The van der Waals surface area contributed by atoms with E-state index in [1.165, 1.54) is 0 Å². The SMILES string of the molecule is Cc1ccc(OCC2CN(C)CCN2C)c(N)c1. The quantitative estimate of drug-likeness (QED) is 0.817. The second kappa shape index (κ2) is 5.59. The second-order valence-corrected chi connectivity index (χ2v) is 5.25. The summed E-state index contributed by atoms with van der Waals surface area (Å²) >= 11 is 0. The molecule has 1 aliphatic rings. The Hall–Kier alpha value is -1.26. The molecule has 1 fully saturated rings. The monoisotopic (exact) mass is 249 g/mol. The Morgan fingerprint density at radius 2 is 2.11 bits per heavy atom. The summed E-state index contributed by atoms with van der Waals surface area (Å²) in [5, 5.41) is 0. The maximum absolute atomic E-state index is 5.95. The van der Waals surface area contributed by atoms with Gasteiger partial charge in [-0.25, -0.2) is 0 Å². The second-order valence-electron chi connectivity index (χ2n) is 5.25. The molecule has 1 aromatic rings. The first kappa shape index (κ1) is 13.2. The fourth-order valence-electron chi connectivity index (χ4n) is 2.27. The van der Waals surface area contributed by atoms with Gasteiger partial charge in [0.15, 0.2) is 0 Å². The van der Waals surface area contributed by atoms with Gasteiger partial charge < -0.3 is 15.4 Å². The molecule has 4 nitrogen and oxygen atoms in total. The molecule has 1 aliphatic heterocycles. The van der Waals surface area contributed by atoms with Gasteiger partial charge in [0.2, 0.25) is 0 Å². The van der Waals surface area contributed by atoms with E-state index in [1.807, 2.05) is 25.1 Å². The molecule has 4 heteroatoms. The molecule has 1 unspecified atom stereocenters. The average molecular weight is 249 g/mol. The molecule has 0 bridgehead atoms.